The Bertz CT molecular complexity index is 910. The van der Waals surface area contributed by atoms with Gasteiger partial charge in [0.1, 0.15) is 4.90 Å². The maximum absolute atomic E-state index is 12.4. The van der Waals surface area contributed by atoms with E-state index in [0.717, 1.165) is 24.3 Å². The van der Waals surface area contributed by atoms with Crippen LogP contribution in [0.2, 0.25) is 5.02 Å². The summed E-state index contributed by atoms with van der Waals surface area (Å²) in [7, 11) is -3.25. The van der Waals surface area contributed by atoms with Gasteiger partial charge in [0.15, 0.2) is 22.2 Å². The molecule has 0 fully saturated rings. The normalized spacial score (nSPS) is 11.3. The Kier molecular flexibility index (Phi) is 5.83. The number of thiol groups is 1. The Morgan fingerprint density at radius 1 is 1.08 bits per heavy atom. The summed E-state index contributed by atoms with van der Waals surface area (Å²) in [5.41, 5.74) is -0.610. The predicted octanol–water partition coefficient (Wildman–Crippen LogP) is 3.56. The standard InChI is InChI=1S/C14H10ClF3N2O5S/c15-7-5-6-9(11(21)12(7)26(23)24)20-13(22)19-8-3-1-2-4-10(8)25-14(16,17)18/h1-6,21,26H,(H2,19,20,22). The molecule has 2 rings (SSSR count). The van der Waals surface area contributed by atoms with Crippen LogP contribution in [0.5, 0.6) is 11.5 Å². The van der Waals surface area contributed by atoms with Gasteiger partial charge >= 0.3 is 12.4 Å². The van der Waals surface area contributed by atoms with E-state index in [1.54, 1.807) is 0 Å². The average Bonchev–Trinajstić information content (AvgIpc) is 2.50. The van der Waals surface area contributed by atoms with Crippen LogP contribution < -0.4 is 15.4 Å². The molecule has 2 aromatic carbocycles. The number of rotatable bonds is 4. The summed E-state index contributed by atoms with van der Waals surface area (Å²) < 4.78 is 63.1. The second kappa shape index (κ2) is 7.70. The lowest BCUT2D eigenvalue weighted by Gasteiger charge is -2.15. The number of anilines is 2. The number of halogens is 4. The van der Waals surface area contributed by atoms with Gasteiger partial charge in [0.05, 0.1) is 16.4 Å². The van der Waals surface area contributed by atoms with Crippen LogP contribution in [0.1, 0.15) is 0 Å². The number of carbonyl (C=O) groups excluding carboxylic acids is 1. The number of hydrogen-bond donors (Lipinski definition) is 4. The van der Waals surface area contributed by atoms with Gasteiger partial charge in [-0.2, -0.15) is 0 Å². The molecule has 0 aliphatic carbocycles. The van der Waals surface area contributed by atoms with E-state index in [9.17, 15) is 31.5 Å². The Hall–Kier alpha value is -2.66. The molecule has 0 saturated heterocycles. The number of phenolic OH excluding ortho intramolecular Hbond substituents is 1. The number of phenols is 1. The summed E-state index contributed by atoms with van der Waals surface area (Å²) in [6, 6.07) is 5.97. The predicted molar refractivity (Wildman–Crippen MR) is 87.5 cm³/mol. The smallest absolute Gasteiger partial charge is 0.504 e. The van der Waals surface area contributed by atoms with E-state index in [2.05, 4.69) is 15.4 Å². The third-order valence-corrected chi connectivity index (χ3v) is 4.16. The zero-order chi connectivity index (χ0) is 19.5. The number of amides is 2. The molecule has 0 bridgehead atoms. The molecule has 2 amide bonds. The van der Waals surface area contributed by atoms with Crippen LogP contribution in [0, 0.1) is 0 Å². The molecule has 0 aliphatic heterocycles. The van der Waals surface area contributed by atoms with Crippen LogP contribution in [0.15, 0.2) is 41.3 Å². The van der Waals surface area contributed by atoms with Crippen molar-refractivity contribution in [3.05, 3.63) is 41.4 Å². The van der Waals surface area contributed by atoms with Crippen molar-refractivity contribution in [1.29, 1.82) is 0 Å². The maximum Gasteiger partial charge on any atom is 0.573 e. The molecule has 0 atom stereocenters. The maximum atomic E-state index is 12.4. The average molecular weight is 411 g/mol. The van der Waals surface area contributed by atoms with E-state index in [1.807, 2.05) is 0 Å². The highest BCUT2D eigenvalue weighted by atomic mass is 35.5. The third kappa shape index (κ3) is 4.92. The number of nitrogens with one attached hydrogen (secondary N) is 2. The molecule has 0 heterocycles. The van der Waals surface area contributed by atoms with Crippen LogP contribution in [-0.4, -0.2) is 25.9 Å². The fourth-order valence-corrected chi connectivity index (χ4v) is 2.79. The van der Waals surface area contributed by atoms with Crippen molar-refractivity contribution < 1.29 is 36.2 Å². The minimum atomic E-state index is -4.96. The van der Waals surface area contributed by atoms with Gasteiger partial charge in [-0.05, 0) is 24.3 Å². The van der Waals surface area contributed by atoms with E-state index in [-0.39, 0.29) is 16.4 Å². The molecule has 140 valence electrons. The van der Waals surface area contributed by atoms with Crippen molar-refractivity contribution in [3.8, 4) is 11.5 Å². The van der Waals surface area contributed by atoms with Gasteiger partial charge in [-0.25, -0.2) is 13.2 Å². The molecule has 0 spiro atoms. The lowest BCUT2D eigenvalue weighted by Crippen LogP contribution is -2.22. The lowest BCUT2D eigenvalue weighted by atomic mass is 10.3. The largest absolute Gasteiger partial charge is 0.573 e. The topological polar surface area (TPSA) is 105 Å². The minimum Gasteiger partial charge on any atom is -0.504 e. The lowest BCUT2D eigenvalue weighted by molar-refractivity contribution is -0.274. The number of aromatic hydroxyl groups is 1. The van der Waals surface area contributed by atoms with Gasteiger partial charge in [0, 0.05) is 0 Å². The Morgan fingerprint density at radius 3 is 2.31 bits per heavy atom. The van der Waals surface area contributed by atoms with Crippen molar-refractivity contribution in [1.82, 2.24) is 0 Å². The number of para-hydroxylation sites is 2. The van der Waals surface area contributed by atoms with Crippen LogP contribution >= 0.6 is 11.6 Å². The van der Waals surface area contributed by atoms with Gasteiger partial charge < -0.3 is 20.5 Å². The highest BCUT2D eigenvalue weighted by Crippen LogP contribution is 2.35. The van der Waals surface area contributed by atoms with Gasteiger partial charge in [0.2, 0.25) is 0 Å². The molecule has 3 N–H and O–H groups in total. The monoisotopic (exact) mass is 410 g/mol. The highest BCUT2D eigenvalue weighted by molar-refractivity contribution is 7.72. The van der Waals surface area contributed by atoms with Gasteiger partial charge in [-0.15, -0.1) is 13.2 Å². The molecular weight excluding hydrogens is 401 g/mol. The van der Waals surface area contributed by atoms with Gasteiger partial charge in [0.25, 0.3) is 0 Å². The fourth-order valence-electron chi connectivity index (χ4n) is 1.89. The van der Waals surface area contributed by atoms with E-state index in [0.29, 0.717) is 0 Å². The fraction of sp³-hybridized carbons (Fsp3) is 0.0714. The number of ether oxygens (including phenoxy) is 1. The third-order valence-electron chi connectivity index (χ3n) is 2.89. The minimum absolute atomic E-state index is 0.256. The molecule has 7 nitrogen and oxygen atoms in total. The van der Waals surface area contributed by atoms with Crippen molar-refractivity contribution in [3.63, 3.8) is 0 Å². The summed E-state index contributed by atoms with van der Waals surface area (Å²) in [6.07, 6.45) is -4.96. The molecule has 0 aliphatic rings. The first-order chi connectivity index (χ1) is 12.1. The number of carbonyl (C=O) groups is 1. The zero-order valence-corrected chi connectivity index (χ0v) is 14.2. The summed E-state index contributed by atoms with van der Waals surface area (Å²) >= 11 is 5.65. The van der Waals surface area contributed by atoms with Crippen LogP contribution in [0.25, 0.3) is 0 Å². The second-order valence-electron chi connectivity index (χ2n) is 4.67. The summed E-state index contributed by atoms with van der Waals surface area (Å²) in [5, 5.41) is 13.8. The second-order valence-corrected chi connectivity index (χ2v) is 6.04. The van der Waals surface area contributed by atoms with Gasteiger partial charge in [-0.3, -0.25) is 0 Å². The SMILES string of the molecule is O=C(Nc1ccccc1OC(F)(F)F)Nc1ccc(Cl)c([SH](=O)=O)c1O. The summed E-state index contributed by atoms with van der Waals surface area (Å²) in [6.45, 7) is 0. The number of benzene rings is 2. The zero-order valence-electron chi connectivity index (χ0n) is 12.5. The van der Waals surface area contributed by atoms with Crippen LogP contribution in [-0.2, 0) is 10.7 Å². The highest BCUT2D eigenvalue weighted by Gasteiger charge is 2.32. The van der Waals surface area contributed by atoms with E-state index in [4.69, 9.17) is 11.6 Å². The molecule has 0 radical (unpaired) electrons. The summed E-state index contributed by atoms with van der Waals surface area (Å²) in [4.78, 5) is 11.4. The number of urea groups is 1. The van der Waals surface area contributed by atoms with Crippen LogP contribution in [0.3, 0.4) is 0 Å². The first-order valence-corrected chi connectivity index (χ1v) is 8.22. The van der Waals surface area contributed by atoms with Crippen molar-refractivity contribution >= 4 is 39.7 Å². The van der Waals surface area contributed by atoms with Gasteiger partial charge in [-0.1, -0.05) is 23.7 Å². The van der Waals surface area contributed by atoms with Crippen molar-refractivity contribution in [2.75, 3.05) is 10.6 Å². The molecule has 12 heteroatoms. The van der Waals surface area contributed by atoms with Crippen molar-refractivity contribution in [2.45, 2.75) is 11.3 Å². The summed E-state index contributed by atoms with van der Waals surface area (Å²) in [5.74, 6) is -1.46. The van der Waals surface area contributed by atoms with Crippen LogP contribution in [0.4, 0.5) is 29.3 Å². The number of alkyl halides is 3. The van der Waals surface area contributed by atoms with E-state index < -0.39 is 39.5 Å². The van der Waals surface area contributed by atoms with E-state index >= 15 is 0 Å². The molecule has 0 unspecified atom stereocenters. The first kappa shape index (κ1) is 19.7. The quantitative estimate of drug-likeness (QED) is 0.455. The Morgan fingerprint density at radius 2 is 1.69 bits per heavy atom. The molecule has 26 heavy (non-hydrogen) atoms. The Labute approximate surface area is 151 Å². The molecule has 2 aromatic rings. The van der Waals surface area contributed by atoms with Crippen molar-refractivity contribution in [2.24, 2.45) is 0 Å². The van der Waals surface area contributed by atoms with E-state index in [1.165, 1.54) is 12.1 Å². The molecular formula is C14H10ClF3N2O5S. The molecule has 0 aromatic heterocycles. The Balaban J connectivity index is 2.22. The molecule has 0 saturated carbocycles. The number of hydrogen-bond acceptors (Lipinski definition) is 5. The first-order valence-electron chi connectivity index (χ1n) is 6.67.